The van der Waals surface area contributed by atoms with E-state index in [1.807, 2.05) is 24.3 Å². The van der Waals surface area contributed by atoms with Crippen LogP contribution in [0, 0.1) is 0 Å². The Morgan fingerprint density at radius 2 is 2.09 bits per heavy atom. The lowest BCUT2D eigenvalue weighted by molar-refractivity contribution is 0.101. The zero-order chi connectivity index (χ0) is 15.5. The molecular formula is C17H13NO3S. The van der Waals surface area contributed by atoms with Gasteiger partial charge in [0, 0.05) is 29.0 Å². The smallest absolute Gasteiger partial charge is 0.336 e. The lowest BCUT2D eigenvalue weighted by Gasteiger charge is -2.06. The summed E-state index contributed by atoms with van der Waals surface area (Å²) >= 11 is 1.55. The number of Topliss-reactive ketones (excluding diaryl/α,β-unsaturated/α-hetero) is 1. The molecule has 0 fully saturated rings. The van der Waals surface area contributed by atoms with Crippen molar-refractivity contribution in [2.24, 2.45) is 0 Å². The molecule has 0 aliphatic carbocycles. The first kappa shape index (κ1) is 14.5. The van der Waals surface area contributed by atoms with Crippen molar-refractivity contribution in [3.63, 3.8) is 0 Å². The van der Waals surface area contributed by atoms with Gasteiger partial charge in [0.2, 0.25) is 0 Å². The summed E-state index contributed by atoms with van der Waals surface area (Å²) in [5.41, 5.74) is 1.43. The quantitative estimate of drug-likeness (QED) is 0.418. The number of thioether (sulfide) groups is 1. The van der Waals surface area contributed by atoms with Gasteiger partial charge in [-0.2, -0.15) is 0 Å². The maximum atomic E-state index is 11.7. The fourth-order valence-corrected chi connectivity index (χ4v) is 3.00. The van der Waals surface area contributed by atoms with E-state index in [0.29, 0.717) is 16.9 Å². The van der Waals surface area contributed by atoms with Crippen LogP contribution in [0.4, 0.5) is 0 Å². The normalized spacial score (nSPS) is 10.8. The molecule has 0 unspecified atom stereocenters. The van der Waals surface area contributed by atoms with Crippen LogP contribution in [-0.4, -0.2) is 10.8 Å². The van der Waals surface area contributed by atoms with E-state index < -0.39 is 5.63 Å². The third-order valence-electron chi connectivity index (χ3n) is 3.25. The van der Waals surface area contributed by atoms with Crippen molar-refractivity contribution in [3.05, 3.63) is 70.2 Å². The van der Waals surface area contributed by atoms with Gasteiger partial charge in [0.1, 0.15) is 5.58 Å². The predicted molar refractivity (Wildman–Crippen MR) is 86.3 cm³/mol. The van der Waals surface area contributed by atoms with Crippen molar-refractivity contribution in [2.45, 2.75) is 17.7 Å². The van der Waals surface area contributed by atoms with Gasteiger partial charge < -0.3 is 4.42 Å². The predicted octanol–water partition coefficient (Wildman–Crippen LogP) is 3.68. The van der Waals surface area contributed by atoms with Crippen molar-refractivity contribution in [2.75, 3.05) is 0 Å². The van der Waals surface area contributed by atoms with Gasteiger partial charge in [-0.25, -0.2) is 9.78 Å². The summed E-state index contributed by atoms with van der Waals surface area (Å²) in [7, 11) is 0. The van der Waals surface area contributed by atoms with Gasteiger partial charge in [-0.1, -0.05) is 18.2 Å². The molecule has 110 valence electrons. The Morgan fingerprint density at radius 1 is 1.23 bits per heavy atom. The molecule has 0 aliphatic heterocycles. The highest BCUT2D eigenvalue weighted by molar-refractivity contribution is 7.98. The standard InChI is InChI=1S/C17H13NO3S/c1-11(19)12-5-6-14-13(9-17(20)21-15(14)8-12)10-22-16-4-2-3-7-18-16/h2-9H,10H2,1H3. The minimum absolute atomic E-state index is 0.0576. The van der Waals surface area contributed by atoms with Gasteiger partial charge in [-0.15, -0.1) is 11.8 Å². The number of hydrogen-bond acceptors (Lipinski definition) is 5. The Morgan fingerprint density at radius 3 is 2.82 bits per heavy atom. The van der Waals surface area contributed by atoms with Crippen molar-refractivity contribution in [1.82, 2.24) is 4.98 Å². The summed E-state index contributed by atoms with van der Waals surface area (Å²) in [5, 5.41) is 1.73. The molecule has 0 bridgehead atoms. The molecule has 22 heavy (non-hydrogen) atoms. The number of ketones is 1. The van der Waals surface area contributed by atoms with Gasteiger partial charge >= 0.3 is 5.63 Å². The molecule has 2 aromatic heterocycles. The first-order valence-electron chi connectivity index (χ1n) is 6.75. The molecule has 0 N–H and O–H groups in total. The molecule has 0 amide bonds. The van der Waals surface area contributed by atoms with Gasteiger partial charge in [-0.05, 0) is 30.7 Å². The summed E-state index contributed by atoms with van der Waals surface area (Å²) in [6.07, 6.45) is 1.74. The van der Waals surface area contributed by atoms with Crippen LogP contribution in [0.3, 0.4) is 0 Å². The van der Waals surface area contributed by atoms with Crippen molar-refractivity contribution in [1.29, 1.82) is 0 Å². The van der Waals surface area contributed by atoms with Gasteiger partial charge in [0.15, 0.2) is 5.78 Å². The molecule has 0 saturated carbocycles. The Balaban J connectivity index is 1.98. The highest BCUT2D eigenvalue weighted by Gasteiger charge is 2.09. The Kier molecular flexibility index (Phi) is 4.06. The number of carbonyl (C=O) groups excluding carboxylic acids is 1. The van der Waals surface area contributed by atoms with E-state index in [1.54, 1.807) is 30.1 Å². The van der Waals surface area contributed by atoms with Crippen molar-refractivity contribution >= 4 is 28.5 Å². The number of benzene rings is 1. The first-order valence-corrected chi connectivity index (χ1v) is 7.73. The third-order valence-corrected chi connectivity index (χ3v) is 4.24. The zero-order valence-corrected chi connectivity index (χ0v) is 12.7. The maximum absolute atomic E-state index is 11.7. The molecule has 0 radical (unpaired) electrons. The molecule has 4 nitrogen and oxygen atoms in total. The van der Waals surface area contributed by atoms with E-state index in [9.17, 15) is 9.59 Å². The first-order chi connectivity index (χ1) is 10.6. The number of rotatable bonds is 4. The lowest BCUT2D eigenvalue weighted by Crippen LogP contribution is -2.01. The number of hydrogen-bond donors (Lipinski definition) is 0. The molecule has 0 aliphatic rings. The van der Waals surface area contributed by atoms with Crippen LogP contribution in [0.2, 0.25) is 0 Å². The van der Waals surface area contributed by atoms with Crippen molar-refractivity contribution < 1.29 is 9.21 Å². The Hall–Kier alpha value is -2.40. The molecule has 1 aromatic carbocycles. The second-order valence-electron chi connectivity index (χ2n) is 4.81. The van der Waals surface area contributed by atoms with Crippen molar-refractivity contribution in [3.8, 4) is 0 Å². The number of fused-ring (bicyclic) bond motifs is 1. The van der Waals surface area contributed by atoms with Crippen LogP contribution in [0.25, 0.3) is 11.0 Å². The summed E-state index contributed by atoms with van der Waals surface area (Å²) in [6, 6.07) is 12.4. The largest absolute Gasteiger partial charge is 0.423 e. The van der Waals surface area contributed by atoms with Crippen LogP contribution in [0.1, 0.15) is 22.8 Å². The maximum Gasteiger partial charge on any atom is 0.336 e. The summed E-state index contributed by atoms with van der Waals surface area (Å²) in [5.74, 6) is 0.552. The second-order valence-corrected chi connectivity index (χ2v) is 5.81. The number of pyridine rings is 1. The molecule has 3 rings (SSSR count). The SMILES string of the molecule is CC(=O)c1ccc2c(CSc3ccccn3)cc(=O)oc2c1. The Labute approximate surface area is 131 Å². The van der Waals surface area contributed by atoms with Crippen LogP contribution < -0.4 is 5.63 Å². The molecular weight excluding hydrogens is 298 g/mol. The van der Waals surface area contributed by atoms with E-state index >= 15 is 0 Å². The summed E-state index contributed by atoms with van der Waals surface area (Å²) < 4.78 is 5.21. The molecule has 5 heteroatoms. The number of carbonyl (C=O) groups is 1. The van der Waals surface area contributed by atoms with Crippen LogP contribution in [0.5, 0.6) is 0 Å². The molecule has 0 atom stereocenters. The fourth-order valence-electron chi connectivity index (χ4n) is 2.15. The molecule has 0 spiro atoms. The van der Waals surface area contributed by atoms with Gasteiger partial charge in [-0.3, -0.25) is 4.79 Å². The average Bonchev–Trinajstić information content (AvgIpc) is 2.52. The monoisotopic (exact) mass is 311 g/mol. The van der Waals surface area contributed by atoms with E-state index in [2.05, 4.69) is 4.98 Å². The number of aromatic nitrogens is 1. The molecule has 0 saturated heterocycles. The minimum Gasteiger partial charge on any atom is -0.423 e. The van der Waals surface area contributed by atoms with E-state index in [1.165, 1.54) is 13.0 Å². The molecule has 3 aromatic rings. The Bertz CT molecular complexity index is 887. The molecule has 2 heterocycles. The summed E-state index contributed by atoms with van der Waals surface area (Å²) in [6.45, 7) is 1.49. The second kappa shape index (κ2) is 6.15. The third kappa shape index (κ3) is 3.09. The van der Waals surface area contributed by atoms with E-state index in [0.717, 1.165) is 16.0 Å². The zero-order valence-electron chi connectivity index (χ0n) is 11.9. The van der Waals surface area contributed by atoms with Crippen LogP contribution >= 0.6 is 11.8 Å². The topological polar surface area (TPSA) is 60.2 Å². The van der Waals surface area contributed by atoms with E-state index in [-0.39, 0.29) is 5.78 Å². The van der Waals surface area contributed by atoms with Crippen LogP contribution in [0.15, 0.2) is 62.9 Å². The van der Waals surface area contributed by atoms with Gasteiger partial charge in [0.25, 0.3) is 0 Å². The average molecular weight is 311 g/mol. The highest BCUT2D eigenvalue weighted by Crippen LogP contribution is 2.25. The fraction of sp³-hybridized carbons (Fsp3) is 0.118. The lowest BCUT2D eigenvalue weighted by atomic mass is 10.1. The number of nitrogens with zero attached hydrogens (tertiary/aromatic N) is 1. The van der Waals surface area contributed by atoms with E-state index in [4.69, 9.17) is 4.42 Å². The van der Waals surface area contributed by atoms with Gasteiger partial charge in [0.05, 0.1) is 5.03 Å². The summed E-state index contributed by atoms with van der Waals surface area (Å²) in [4.78, 5) is 27.4. The van der Waals surface area contributed by atoms with Crippen LogP contribution in [-0.2, 0) is 5.75 Å². The highest BCUT2D eigenvalue weighted by atomic mass is 32.2. The minimum atomic E-state index is -0.412.